The Kier molecular flexibility index (Phi) is 7.77. The van der Waals surface area contributed by atoms with E-state index < -0.39 is 12.1 Å². The van der Waals surface area contributed by atoms with Gasteiger partial charge in [-0.2, -0.15) is 13.2 Å². The average Bonchev–Trinajstić information content (AvgIpc) is 3.21. The number of aliphatic carboxylic acids is 1. The van der Waals surface area contributed by atoms with Crippen LogP contribution in [0.15, 0.2) is 54.7 Å². The molecule has 1 atom stereocenters. The Morgan fingerprint density at radius 3 is 2.56 bits per heavy atom. The van der Waals surface area contributed by atoms with Gasteiger partial charge in [0.1, 0.15) is 5.82 Å². The van der Waals surface area contributed by atoms with Crippen molar-refractivity contribution in [3.05, 3.63) is 65.6 Å². The number of anilines is 2. The molecule has 1 saturated heterocycles. The first-order valence-electron chi connectivity index (χ1n) is 9.95. The number of hydrogen-bond acceptors (Lipinski definition) is 4. The zero-order chi connectivity index (χ0) is 24.9. The number of carbonyl (C=O) groups excluding carboxylic acids is 1. The van der Waals surface area contributed by atoms with E-state index in [2.05, 4.69) is 20.5 Å². The van der Waals surface area contributed by atoms with Crippen molar-refractivity contribution >= 4 is 45.9 Å². The molecular weight excluding hydrogens is 480 g/mol. The fraction of sp³-hybridized carbons (Fsp3) is 0.227. The minimum absolute atomic E-state index is 0.00840. The number of carboxylic acids is 1. The normalized spacial score (nSPS) is 15.4. The lowest BCUT2D eigenvalue weighted by atomic mass is 10.2. The second kappa shape index (κ2) is 10.6. The monoisotopic (exact) mass is 498 g/mol. The highest BCUT2D eigenvalue weighted by Gasteiger charge is 2.38. The molecule has 1 unspecified atom stereocenters. The zero-order valence-electron chi connectivity index (χ0n) is 17.4. The number of nitrogens with zero attached hydrogens (tertiary/aromatic N) is 2. The van der Waals surface area contributed by atoms with Gasteiger partial charge in [-0.15, -0.1) is 0 Å². The third-order valence-electron chi connectivity index (χ3n) is 4.87. The molecular formula is C22H19ClF4N4O3. The lowest BCUT2D eigenvalue weighted by Crippen LogP contribution is -2.39. The number of rotatable bonds is 3. The quantitative estimate of drug-likeness (QED) is 0.439. The third kappa shape index (κ3) is 6.70. The Morgan fingerprint density at radius 1 is 1.15 bits per heavy atom. The van der Waals surface area contributed by atoms with Crippen LogP contribution >= 0.6 is 11.6 Å². The Bertz CT molecular complexity index is 1190. The van der Waals surface area contributed by atoms with Crippen LogP contribution in [0.4, 0.5) is 33.7 Å². The van der Waals surface area contributed by atoms with E-state index >= 15 is 0 Å². The molecule has 1 aliphatic heterocycles. The predicted molar refractivity (Wildman–Crippen MR) is 120 cm³/mol. The van der Waals surface area contributed by atoms with Gasteiger partial charge in [-0.05, 0) is 48.9 Å². The van der Waals surface area contributed by atoms with Crippen molar-refractivity contribution in [2.24, 2.45) is 0 Å². The highest BCUT2D eigenvalue weighted by Crippen LogP contribution is 2.29. The summed E-state index contributed by atoms with van der Waals surface area (Å²) in [4.78, 5) is 27.7. The van der Waals surface area contributed by atoms with Gasteiger partial charge in [0.15, 0.2) is 0 Å². The van der Waals surface area contributed by atoms with Crippen LogP contribution in [-0.2, 0) is 4.79 Å². The summed E-state index contributed by atoms with van der Waals surface area (Å²) in [6.45, 7) is 1.52. The fourth-order valence-electron chi connectivity index (χ4n) is 3.40. The summed E-state index contributed by atoms with van der Waals surface area (Å²) < 4.78 is 45.0. The smallest absolute Gasteiger partial charge is 0.475 e. The number of aromatic nitrogens is 1. The number of carbonyl (C=O) groups is 2. The number of fused-ring (bicyclic) bond motifs is 1. The zero-order valence-corrected chi connectivity index (χ0v) is 18.2. The molecule has 0 aliphatic carbocycles. The van der Waals surface area contributed by atoms with Crippen molar-refractivity contribution in [3.8, 4) is 0 Å². The fourth-order valence-corrected chi connectivity index (χ4v) is 3.56. The number of hydrogen-bond donors (Lipinski definition) is 3. The Balaban J connectivity index is 0.000000406. The number of amides is 2. The maximum atomic E-state index is 13.2. The summed E-state index contributed by atoms with van der Waals surface area (Å²) >= 11 is 6.06. The second-order valence-electron chi connectivity index (χ2n) is 7.33. The summed E-state index contributed by atoms with van der Waals surface area (Å²) in [5.41, 5.74) is 2.35. The van der Waals surface area contributed by atoms with Crippen molar-refractivity contribution < 1.29 is 32.3 Å². The largest absolute Gasteiger partial charge is 0.490 e. The first kappa shape index (κ1) is 25.0. The Morgan fingerprint density at radius 2 is 1.88 bits per heavy atom. The summed E-state index contributed by atoms with van der Waals surface area (Å²) in [5, 5.41) is 14.4. The molecule has 0 radical (unpaired) electrons. The van der Waals surface area contributed by atoms with Crippen LogP contribution in [0.3, 0.4) is 0 Å². The second-order valence-corrected chi connectivity index (χ2v) is 7.77. The molecule has 12 heteroatoms. The van der Waals surface area contributed by atoms with E-state index in [0.717, 1.165) is 29.6 Å². The molecule has 0 saturated carbocycles. The summed E-state index contributed by atoms with van der Waals surface area (Å²) in [5.74, 6) is -3.14. The molecule has 1 aromatic heterocycles. The molecule has 3 aromatic rings. The predicted octanol–water partition coefficient (Wildman–Crippen LogP) is 5.06. The molecule has 1 fully saturated rings. The molecule has 1 aliphatic rings. The number of halogens is 5. The lowest BCUT2D eigenvalue weighted by Gasteiger charge is -2.21. The SMILES string of the molecule is O=C(Nc1cccc(F)c1)NC1CCN(c2ccnc3cc(Cl)ccc23)C1.O=C(O)C(F)(F)F. The molecule has 180 valence electrons. The Hall–Kier alpha value is -3.60. The van der Waals surface area contributed by atoms with Crippen molar-refractivity contribution in [2.45, 2.75) is 18.6 Å². The molecule has 3 N–H and O–H groups in total. The molecule has 0 spiro atoms. The van der Waals surface area contributed by atoms with Crippen molar-refractivity contribution in [1.82, 2.24) is 10.3 Å². The van der Waals surface area contributed by atoms with Crippen molar-refractivity contribution in [1.29, 1.82) is 0 Å². The standard InChI is InChI=1S/C20H18ClFN4O.C2HF3O2/c21-13-4-5-17-18(10-13)23-8-6-19(17)26-9-7-16(12-26)25-20(27)24-15-3-1-2-14(22)11-15;3-2(4,5)1(6)7/h1-6,8,10-11,16H,7,9,12H2,(H2,24,25,27);(H,6,7). The summed E-state index contributed by atoms with van der Waals surface area (Å²) in [6, 6.07) is 13.2. The van der Waals surface area contributed by atoms with E-state index in [-0.39, 0.29) is 17.9 Å². The van der Waals surface area contributed by atoms with Crippen LogP contribution in [0.5, 0.6) is 0 Å². The molecule has 0 bridgehead atoms. The number of pyridine rings is 1. The van der Waals surface area contributed by atoms with Gasteiger partial charge >= 0.3 is 18.2 Å². The topological polar surface area (TPSA) is 94.6 Å². The number of nitrogens with one attached hydrogen (secondary N) is 2. The maximum absolute atomic E-state index is 13.2. The first-order chi connectivity index (χ1) is 16.0. The van der Waals surface area contributed by atoms with Gasteiger partial charge in [-0.25, -0.2) is 14.0 Å². The maximum Gasteiger partial charge on any atom is 0.490 e. The minimum Gasteiger partial charge on any atom is -0.475 e. The van der Waals surface area contributed by atoms with E-state index in [1.54, 1.807) is 18.3 Å². The van der Waals surface area contributed by atoms with Crippen LogP contribution < -0.4 is 15.5 Å². The highest BCUT2D eigenvalue weighted by atomic mass is 35.5. The van der Waals surface area contributed by atoms with Crippen LogP contribution in [0.25, 0.3) is 10.9 Å². The molecule has 2 heterocycles. The van der Waals surface area contributed by atoms with E-state index in [4.69, 9.17) is 21.5 Å². The van der Waals surface area contributed by atoms with Crippen molar-refractivity contribution in [3.63, 3.8) is 0 Å². The molecule has 4 rings (SSSR count). The summed E-state index contributed by atoms with van der Waals surface area (Å²) in [7, 11) is 0. The van der Waals surface area contributed by atoms with Gasteiger partial charge in [0.2, 0.25) is 0 Å². The number of benzene rings is 2. The minimum atomic E-state index is -5.08. The van der Waals surface area contributed by atoms with E-state index in [1.165, 1.54) is 12.1 Å². The molecule has 2 amide bonds. The van der Waals surface area contributed by atoms with Crippen LogP contribution in [-0.4, -0.2) is 47.4 Å². The average molecular weight is 499 g/mol. The highest BCUT2D eigenvalue weighted by molar-refractivity contribution is 6.31. The third-order valence-corrected chi connectivity index (χ3v) is 5.11. The molecule has 7 nitrogen and oxygen atoms in total. The van der Waals surface area contributed by atoms with E-state index in [1.807, 2.05) is 24.3 Å². The van der Waals surface area contributed by atoms with E-state index in [9.17, 15) is 22.4 Å². The van der Waals surface area contributed by atoms with Gasteiger partial charge < -0.3 is 20.6 Å². The number of urea groups is 1. The molecule has 34 heavy (non-hydrogen) atoms. The first-order valence-corrected chi connectivity index (χ1v) is 10.3. The number of carboxylic acid groups (broad SMARTS) is 1. The van der Waals surface area contributed by atoms with Gasteiger partial charge in [0.25, 0.3) is 0 Å². The van der Waals surface area contributed by atoms with Gasteiger partial charge in [-0.1, -0.05) is 17.7 Å². The van der Waals surface area contributed by atoms with Crippen LogP contribution in [0.2, 0.25) is 5.02 Å². The van der Waals surface area contributed by atoms with Gasteiger partial charge in [0, 0.05) is 47.1 Å². The van der Waals surface area contributed by atoms with Crippen molar-refractivity contribution in [2.75, 3.05) is 23.3 Å². The van der Waals surface area contributed by atoms with Crippen LogP contribution in [0, 0.1) is 5.82 Å². The van der Waals surface area contributed by atoms with Gasteiger partial charge in [0.05, 0.1) is 5.52 Å². The Labute approximate surface area is 196 Å². The van der Waals surface area contributed by atoms with Crippen LogP contribution in [0.1, 0.15) is 6.42 Å². The molecule has 2 aromatic carbocycles. The van der Waals surface area contributed by atoms with Gasteiger partial charge in [-0.3, -0.25) is 4.98 Å². The number of alkyl halides is 3. The van der Waals surface area contributed by atoms with E-state index in [0.29, 0.717) is 17.3 Å². The lowest BCUT2D eigenvalue weighted by molar-refractivity contribution is -0.192. The summed E-state index contributed by atoms with van der Waals surface area (Å²) in [6.07, 6.45) is -2.49.